The lowest BCUT2D eigenvalue weighted by Gasteiger charge is -2.19. The number of methoxy groups -OCH3 is 2. The molecule has 7 heteroatoms. The van der Waals surface area contributed by atoms with Gasteiger partial charge in [-0.3, -0.25) is 15.0 Å². The van der Waals surface area contributed by atoms with E-state index in [-0.39, 0.29) is 11.9 Å². The summed E-state index contributed by atoms with van der Waals surface area (Å²) in [4.78, 5) is 25.1. The Morgan fingerprint density at radius 2 is 1.63 bits per heavy atom. The molecular weight excluding hydrogens is 346 g/mol. The Kier molecular flexibility index (Phi) is 5.93. The highest BCUT2D eigenvalue weighted by molar-refractivity contribution is 5.95. The monoisotopic (exact) mass is 369 g/mol. The Labute approximate surface area is 158 Å². The number of rotatable bonds is 8. The molecule has 7 nitrogen and oxygen atoms in total. The maximum Gasteiger partial charge on any atom is 0.265 e. The third-order valence-corrected chi connectivity index (χ3v) is 4.26. The van der Waals surface area contributed by atoms with E-state index >= 15 is 0 Å². The Morgan fingerprint density at radius 1 is 1.00 bits per heavy atom. The van der Waals surface area contributed by atoms with Crippen molar-refractivity contribution in [2.75, 3.05) is 14.2 Å². The van der Waals surface area contributed by atoms with Crippen LogP contribution in [0, 0.1) is 0 Å². The molecule has 0 bridgehead atoms. The largest absolute Gasteiger partial charge is 0.497 e. The van der Waals surface area contributed by atoms with E-state index in [9.17, 15) is 9.59 Å². The molecule has 3 rings (SSSR count). The van der Waals surface area contributed by atoms with Crippen LogP contribution in [0.5, 0.6) is 11.5 Å². The van der Waals surface area contributed by atoms with Crippen LogP contribution in [0.3, 0.4) is 0 Å². The zero-order valence-electron chi connectivity index (χ0n) is 15.3. The van der Waals surface area contributed by atoms with Crippen LogP contribution in [-0.4, -0.2) is 32.1 Å². The first-order valence-electron chi connectivity index (χ1n) is 8.75. The van der Waals surface area contributed by atoms with Gasteiger partial charge in [-0.2, -0.15) is 0 Å². The summed E-state index contributed by atoms with van der Waals surface area (Å²) < 4.78 is 10.4. The molecule has 0 aliphatic heterocycles. The Hall–Kier alpha value is -3.06. The number of hydrazine groups is 1. The minimum Gasteiger partial charge on any atom is -0.497 e. The molecule has 1 fully saturated rings. The molecule has 142 valence electrons. The Balaban J connectivity index is 1.72. The quantitative estimate of drug-likeness (QED) is 0.619. The highest BCUT2D eigenvalue weighted by atomic mass is 16.5. The van der Waals surface area contributed by atoms with Crippen LogP contribution in [0.25, 0.3) is 0 Å². The number of nitrogens with one attached hydrogen (secondary N) is 3. The second-order valence-corrected chi connectivity index (χ2v) is 6.33. The molecule has 2 aromatic carbocycles. The van der Waals surface area contributed by atoms with Crippen molar-refractivity contribution in [1.29, 1.82) is 0 Å². The topological polar surface area (TPSA) is 88.7 Å². The average molecular weight is 369 g/mol. The standard InChI is InChI=1S/C20H23N3O4/c1-26-16-10-14(11-17(12-16)27-2)19(24)23-22-18(13-6-4-3-5-7-13)20(25)21-15-8-9-15/h3-7,10-12,15,18,22H,8-9H2,1-2H3,(H,21,25)(H,23,24)/t18-/m0/s1. The van der Waals surface area contributed by atoms with Gasteiger partial charge in [-0.1, -0.05) is 30.3 Å². The van der Waals surface area contributed by atoms with Gasteiger partial charge in [0.2, 0.25) is 5.91 Å². The summed E-state index contributed by atoms with van der Waals surface area (Å²) in [6.45, 7) is 0. The zero-order valence-corrected chi connectivity index (χ0v) is 15.3. The summed E-state index contributed by atoms with van der Waals surface area (Å²) in [5.41, 5.74) is 6.58. The van der Waals surface area contributed by atoms with E-state index in [1.54, 1.807) is 18.2 Å². The van der Waals surface area contributed by atoms with E-state index < -0.39 is 11.9 Å². The van der Waals surface area contributed by atoms with Crippen molar-refractivity contribution in [3.05, 3.63) is 59.7 Å². The molecule has 3 N–H and O–H groups in total. The molecule has 1 saturated carbocycles. The van der Waals surface area contributed by atoms with Crippen molar-refractivity contribution < 1.29 is 19.1 Å². The molecule has 0 heterocycles. The zero-order chi connectivity index (χ0) is 19.2. The Bertz CT molecular complexity index is 784. The van der Waals surface area contributed by atoms with Crippen LogP contribution >= 0.6 is 0 Å². The summed E-state index contributed by atoms with van der Waals surface area (Å²) in [6.07, 6.45) is 1.98. The molecule has 2 amide bonds. The fraction of sp³-hybridized carbons (Fsp3) is 0.300. The van der Waals surface area contributed by atoms with Crippen molar-refractivity contribution in [2.24, 2.45) is 0 Å². The van der Waals surface area contributed by atoms with Crippen LogP contribution in [0.15, 0.2) is 48.5 Å². The van der Waals surface area contributed by atoms with Crippen LogP contribution < -0.4 is 25.6 Å². The van der Waals surface area contributed by atoms with Gasteiger partial charge >= 0.3 is 0 Å². The minimum atomic E-state index is -0.691. The summed E-state index contributed by atoms with van der Waals surface area (Å²) in [6, 6.07) is 13.7. The normalized spacial score (nSPS) is 14.1. The van der Waals surface area contributed by atoms with Crippen LogP contribution in [0.2, 0.25) is 0 Å². The first-order chi connectivity index (χ1) is 13.1. The van der Waals surface area contributed by atoms with Gasteiger partial charge in [0.15, 0.2) is 0 Å². The molecule has 27 heavy (non-hydrogen) atoms. The van der Waals surface area contributed by atoms with Crippen molar-refractivity contribution in [3.63, 3.8) is 0 Å². The van der Waals surface area contributed by atoms with Gasteiger partial charge in [0.25, 0.3) is 5.91 Å². The van der Waals surface area contributed by atoms with Gasteiger partial charge in [0.05, 0.1) is 14.2 Å². The summed E-state index contributed by atoms with van der Waals surface area (Å²) in [5.74, 6) is 0.441. The van der Waals surface area contributed by atoms with Crippen molar-refractivity contribution in [2.45, 2.75) is 24.9 Å². The van der Waals surface area contributed by atoms with E-state index in [4.69, 9.17) is 9.47 Å². The predicted octanol–water partition coefficient (Wildman–Crippen LogP) is 1.96. The molecule has 1 aliphatic rings. The second-order valence-electron chi connectivity index (χ2n) is 6.33. The predicted molar refractivity (Wildman–Crippen MR) is 100 cm³/mol. The molecule has 0 radical (unpaired) electrons. The minimum absolute atomic E-state index is 0.174. The highest BCUT2D eigenvalue weighted by Crippen LogP contribution is 2.23. The fourth-order valence-electron chi connectivity index (χ4n) is 2.61. The number of amides is 2. The van der Waals surface area contributed by atoms with Gasteiger partial charge in [-0.25, -0.2) is 5.43 Å². The number of carbonyl (C=O) groups is 2. The lowest BCUT2D eigenvalue weighted by Crippen LogP contribution is -2.46. The van der Waals surface area contributed by atoms with Gasteiger partial charge in [0.1, 0.15) is 17.5 Å². The van der Waals surface area contributed by atoms with Crippen molar-refractivity contribution in [3.8, 4) is 11.5 Å². The first-order valence-corrected chi connectivity index (χ1v) is 8.75. The number of hydrogen-bond donors (Lipinski definition) is 3. The fourth-order valence-corrected chi connectivity index (χ4v) is 2.61. The smallest absolute Gasteiger partial charge is 0.265 e. The first kappa shape index (κ1) is 18.7. The third-order valence-electron chi connectivity index (χ3n) is 4.26. The van der Waals surface area contributed by atoms with Crippen LogP contribution in [-0.2, 0) is 4.79 Å². The average Bonchev–Trinajstić information content (AvgIpc) is 3.52. The molecule has 0 aromatic heterocycles. The van der Waals surface area contributed by atoms with Gasteiger partial charge in [-0.15, -0.1) is 0 Å². The number of hydrogen-bond acceptors (Lipinski definition) is 5. The maximum atomic E-state index is 12.6. The number of ether oxygens (including phenoxy) is 2. The molecular formula is C20H23N3O4. The third kappa shape index (κ3) is 4.98. The maximum absolute atomic E-state index is 12.6. The molecule has 2 aromatic rings. The van der Waals surface area contributed by atoms with Gasteiger partial charge in [0, 0.05) is 17.7 Å². The second kappa shape index (κ2) is 8.55. The Morgan fingerprint density at radius 3 is 2.19 bits per heavy atom. The highest BCUT2D eigenvalue weighted by Gasteiger charge is 2.28. The summed E-state index contributed by atoms with van der Waals surface area (Å²) >= 11 is 0. The van der Waals surface area contributed by atoms with Crippen molar-refractivity contribution >= 4 is 11.8 Å². The van der Waals surface area contributed by atoms with E-state index in [0.29, 0.717) is 17.1 Å². The molecule has 0 saturated heterocycles. The molecule has 1 atom stereocenters. The number of carbonyl (C=O) groups excluding carboxylic acids is 2. The van der Waals surface area contributed by atoms with E-state index in [0.717, 1.165) is 18.4 Å². The van der Waals surface area contributed by atoms with E-state index in [1.807, 2.05) is 30.3 Å². The van der Waals surface area contributed by atoms with Gasteiger partial charge < -0.3 is 14.8 Å². The molecule has 0 unspecified atom stereocenters. The lowest BCUT2D eigenvalue weighted by molar-refractivity contribution is -0.123. The SMILES string of the molecule is COc1cc(OC)cc(C(=O)NN[C@H](C(=O)NC2CC2)c2ccccc2)c1. The van der Waals surface area contributed by atoms with Crippen LogP contribution in [0.1, 0.15) is 34.8 Å². The van der Waals surface area contributed by atoms with Crippen LogP contribution in [0.4, 0.5) is 0 Å². The lowest BCUT2D eigenvalue weighted by atomic mass is 10.1. The summed E-state index contributed by atoms with van der Waals surface area (Å²) in [5, 5.41) is 2.96. The number of benzene rings is 2. The molecule has 1 aliphatic carbocycles. The van der Waals surface area contributed by atoms with Gasteiger partial charge in [-0.05, 0) is 30.5 Å². The molecule has 0 spiro atoms. The van der Waals surface area contributed by atoms with Crippen molar-refractivity contribution in [1.82, 2.24) is 16.2 Å². The van der Waals surface area contributed by atoms with E-state index in [1.165, 1.54) is 14.2 Å². The summed E-state index contributed by atoms with van der Waals surface area (Å²) in [7, 11) is 3.03. The van der Waals surface area contributed by atoms with E-state index in [2.05, 4.69) is 16.2 Å².